The topological polar surface area (TPSA) is 35.8 Å². The van der Waals surface area contributed by atoms with Crippen molar-refractivity contribution < 1.29 is 0 Å². The molecule has 1 aliphatic rings. The Balaban J connectivity index is 1.82. The van der Waals surface area contributed by atoms with Crippen molar-refractivity contribution in [3.63, 3.8) is 0 Å². The van der Waals surface area contributed by atoms with Crippen molar-refractivity contribution in [2.45, 2.75) is 32.4 Å². The largest absolute Gasteiger partial charge is 0.355 e. The maximum absolute atomic E-state index is 4.86. The number of rotatable bonds is 5. The zero-order chi connectivity index (χ0) is 14.8. The van der Waals surface area contributed by atoms with E-state index in [9.17, 15) is 0 Å². The average Bonchev–Trinajstić information content (AvgIpc) is 3.09. The van der Waals surface area contributed by atoms with Gasteiger partial charge in [0.2, 0.25) is 0 Å². The molecular weight excluding hydrogens is 282 g/mol. The molecule has 3 heterocycles. The molecule has 0 saturated carbocycles. The molecule has 1 aliphatic heterocycles. The molecule has 0 radical (unpaired) electrons. The van der Waals surface area contributed by atoms with E-state index in [1.165, 1.54) is 38.2 Å². The van der Waals surface area contributed by atoms with Crippen molar-refractivity contribution in [1.82, 2.24) is 19.6 Å². The summed E-state index contributed by atoms with van der Waals surface area (Å²) in [6.07, 6.45) is 4.58. The number of nitrogens with one attached hydrogen (secondary N) is 1. The van der Waals surface area contributed by atoms with Crippen LogP contribution in [0.4, 0.5) is 5.82 Å². The Morgan fingerprint density at radius 1 is 1.43 bits per heavy atom. The number of piperidine rings is 1. The fourth-order valence-electron chi connectivity index (χ4n) is 3.23. The molecule has 6 heteroatoms. The summed E-state index contributed by atoms with van der Waals surface area (Å²) < 4.78 is 2.22. The van der Waals surface area contributed by atoms with Crippen LogP contribution in [-0.2, 0) is 6.54 Å². The Morgan fingerprint density at radius 3 is 2.86 bits per heavy atom. The second-order valence-electron chi connectivity index (χ2n) is 5.74. The molecule has 0 atom stereocenters. The average molecular weight is 307 g/mol. The van der Waals surface area contributed by atoms with Gasteiger partial charge >= 0.3 is 0 Å². The lowest BCUT2D eigenvalue weighted by Crippen LogP contribution is -2.43. The Labute approximate surface area is 130 Å². The van der Waals surface area contributed by atoms with Gasteiger partial charge in [-0.3, -0.25) is 4.40 Å². The van der Waals surface area contributed by atoms with Crippen molar-refractivity contribution in [3.05, 3.63) is 17.3 Å². The lowest BCUT2D eigenvalue weighted by molar-refractivity contribution is 0.220. The van der Waals surface area contributed by atoms with Crippen LogP contribution in [-0.4, -0.2) is 54.1 Å². The van der Waals surface area contributed by atoms with Crippen LogP contribution >= 0.6 is 11.3 Å². The van der Waals surface area contributed by atoms with Gasteiger partial charge < -0.3 is 15.1 Å². The van der Waals surface area contributed by atoms with Gasteiger partial charge in [-0.15, -0.1) is 11.3 Å². The van der Waals surface area contributed by atoms with Crippen LogP contribution in [0.15, 0.2) is 11.6 Å². The molecule has 21 heavy (non-hydrogen) atoms. The van der Waals surface area contributed by atoms with Gasteiger partial charge in [0, 0.05) is 44.3 Å². The lowest BCUT2D eigenvalue weighted by atomic mass is 10.0. The van der Waals surface area contributed by atoms with E-state index in [0.717, 1.165) is 17.3 Å². The minimum atomic E-state index is 0.605. The fourth-order valence-corrected chi connectivity index (χ4v) is 3.96. The molecule has 2 aromatic heterocycles. The quantitative estimate of drug-likeness (QED) is 0.917. The highest BCUT2D eigenvalue weighted by atomic mass is 32.1. The molecule has 0 amide bonds. The summed E-state index contributed by atoms with van der Waals surface area (Å²) in [5.74, 6) is 1.14. The smallest absolute Gasteiger partial charge is 0.195 e. The predicted molar refractivity (Wildman–Crippen MR) is 89.4 cm³/mol. The first kappa shape index (κ1) is 14.8. The normalized spacial score (nSPS) is 17.7. The SMILES string of the molecule is CCN1CCC(N(C)c2nc3sccn3c2CNC)CC1. The Morgan fingerprint density at radius 2 is 2.19 bits per heavy atom. The summed E-state index contributed by atoms with van der Waals surface area (Å²) in [7, 11) is 4.20. The first-order valence-corrected chi connectivity index (χ1v) is 8.66. The third-order valence-corrected chi connectivity index (χ3v) is 5.33. The van der Waals surface area contributed by atoms with E-state index in [4.69, 9.17) is 4.98 Å². The van der Waals surface area contributed by atoms with E-state index in [-0.39, 0.29) is 0 Å². The number of nitrogens with zero attached hydrogens (tertiary/aromatic N) is 4. The van der Waals surface area contributed by atoms with Gasteiger partial charge in [0.15, 0.2) is 10.8 Å². The molecule has 0 aromatic carbocycles. The van der Waals surface area contributed by atoms with Gasteiger partial charge in [-0.25, -0.2) is 4.98 Å². The lowest BCUT2D eigenvalue weighted by Gasteiger charge is -2.36. The van der Waals surface area contributed by atoms with Crippen LogP contribution in [0.25, 0.3) is 4.96 Å². The van der Waals surface area contributed by atoms with Crippen LogP contribution in [0.1, 0.15) is 25.5 Å². The number of fused-ring (bicyclic) bond motifs is 1. The monoisotopic (exact) mass is 307 g/mol. The van der Waals surface area contributed by atoms with Crippen molar-refractivity contribution >= 4 is 22.1 Å². The van der Waals surface area contributed by atoms with Gasteiger partial charge in [0.05, 0.1) is 5.69 Å². The maximum atomic E-state index is 4.86. The molecule has 0 bridgehead atoms. The second kappa shape index (κ2) is 6.34. The summed E-state index contributed by atoms with van der Waals surface area (Å²) in [6, 6.07) is 0.605. The first-order chi connectivity index (χ1) is 10.2. The molecule has 2 aromatic rings. The Hall–Kier alpha value is -1.11. The Kier molecular flexibility index (Phi) is 4.47. The first-order valence-electron chi connectivity index (χ1n) is 7.78. The molecule has 116 valence electrons. The van der Waals surface area contributed by atoms with E-state index in [1.807, 2.05) is 7.05 Å². The molecule has 1 saturated heterocycles. The van der Waals surface area contributed by atoms with Crippen LogP contribution in [0.3, 0.4) is 0 Å². The number of imidazole rings is 1. The highest BCUT2D eigenvalue weighted by Gasteiger charge is 2.25. The standard InChI is InChI=1S/C15H25N5S/c1-4-19-7-5-12(6-8-19)18(3)14-13(11-16-2)20-9-10-21-15(20)17-14/h9-10,12,16H,4-8,11H2,1-3H3. The number of anilines is 1. The van der Waals surface area contributed by atoms with E-state index < -0.39 is 0 Å². The number of hydrogen-bond donors (Lipinski definition) is 1. The van der Waals surface area contributed by atoms with E-state index in [2.05, 4.69) is 45.1 Å². The maximum Gasteiger partial charge on any atom is 0.195 e. The van der Waals surface area contributed by atoms with Gasteiger partial charge in [-0.1, -0.05) is 6.92 Å². The fraction of sp³-hybridized carbons (Fsp3) is 0.667. The van der Waals surface area contributed by atoms with Crippen molar-refractivity contribution in [2.24, 2.45) is 0 Å². The highest BCUT2D eigenvalue weighted by Crippen LogP contribution is 2.27. The van der Waals surface area contributed by atoms with Gasteiger partial charge in [-0.2, -0.15) is 0 Å². The number of likely N-dealkylation sites (tertiary alicyclic amines) is 1. The third-order valence-electron chi connectivity index (χ3n) is 4.57. The van der Waals surface area contributed by atoms with Gasteiger partial charge in [0.1, 0.15) is 0 Å². The summed E-state index contributed by atoms with van der Waals surface area (Å²) in [5.41, 5.74) is 1.27. The zero-order valence-corrected chi connectivity index (χ0v) is 14.0. The van der Waals surface area contributed by atoms with E-state index in [0.29, 0.717) is 6.04 Å². The van der Waals surface area contributed by atoms with Crippen molar-refractivity contribution in [3.8, 4) is 0 Å². The van der Waals surface area contributed by atoms with Crippen molar-refractivity contribution in [2.75, 3.05) is 38.6 Å². The van der Waals surface area contributed by atoms with Crippen molar-refractivity contribution in [1.29, 1.82) is 0 Å². The molecule has 1 fully saturated rings. The van der Waals surface area contributed by atoms with Crippen LogP contribution < -0.4 is 10.2 Å². The molecule has 1 N–H and O–H groups in total. The van der Waals surface area contributed by atoms with E-state index >= 15 is 0 Å². The second-order valence-corrected chi connectivity index (χ2v) is 6.62. The molecular formula is C15H25N5S. The molecule has 5 nitrogen and oxygen atoms in total. The number of thiazole rings is 1. The van der Waals surface area contributed by atoms with Crippen LogP contribution in [0.5, 0.6) is 0 Å². The summed E-state index contributed by atoms with van der Waals surface area (Å²) in [5, 5.41) is 5.38. The molecule has 0 aliphatic carbocycles. The third kappa shape index (κ3) is 2.80. The van der Waals surface area contributed by atoms with Gasteiger partial charge in [-0.05, 0) is 26.4 Å². The highest BCUT2D eigenvalue weighted by molar-refractivity contribution is 7.15. The summed E-state index contributed by atoms with van der Waals surface area (Å²) in [4.78, 5) is 10.9. The zero-order valence-electron chi connectivity index (χ0n) is 13.2. The van der Waals surface area contributed by atoms with Crippen LogP contribution in [0, 0.1) is 0 Å². The van der Waals surface area contributed by atoms with Gasteiger partial charge in [0.25, 0.3) is 0 Å². The minimum absolute atomic E-state index is 0.605. The Bertz CT molecular complexity index is 582. The summed E-state index contributed by atoms with van der Waals surface area (Å²) in [6.45, 7) is 6.68. The molecule has 0 spiro atoms. The summed E-state index contributed by atoms with van der Waals surface area (Å²) >= 11 is 1.71. The molecule has 3 rings (SSSR count). The van der Waals surface area contributed by atoms with Crippen LogP contribution in [0.2, 0.25) is 0 Å². The van der Waals surface area contributed by atoms with E-state index in [1.54, 1.807) is 11.3 Å². The predicted octanol–water partition coefficient (Wildman–Crippen LogP) is 2.04. The minimum Gasteiger partial charge on any atom is -0.355 e. The molecule has 0 unspecified atom stereocenters. The number of aromatic nitrogens is 2. The number of hydrogen-bond acceptors (Lipinski definition) is 5.